The SMILES string of the molecule is Cc1cc(C(=O)N2CCC3(CCNC3)C2)cc([N+](=O)[O-])c1. The van der Waals surface area contributed by atoms with Gasteiger partial charge in [-0.3, -0.25) is 14.9 Å². The third-order valence-electron chi connectivity index (χ3n) is 4.58. The number of nitrogens with zero attached hydrogens (tertiary/aromatic N) is 2. The van der Waals surface area contributed by atoms with Gasteiger partial charge in [-0.15, -0.1) is 0 Å². The molecular weight excluding hydrogens is 270 g/mol. The fraction of sp³-hybridized carbons (Fsp3) is 0.533. The quantitative estimate of drug-likeness (QED) is 0.664. The molecule has 1 atom stereocenters. The van der Waals surface area contributed by atoms with Gasteiger partial charge in [0.15, 0.2) is 0 Å². The fourth-order valence-electron chi connectivity index (χ4n) is 3.43. The Bertz CT molecular complexity index is 594. The van der Waals surface area contributed by atoms with Crippen molar-refractivity contribution in [1.29, 1.82) is 0 Å². The summed E-state index contributed by atoms with van der Waals surface area (Å²) < 4.78 is 0. The summed E-state index contributed by atoms with van der Waals surface area (Å²) in [6.07, 6.45) is 2.12. The number of aryl methyl sites for hydroxylation is 1. The summed E-state index contributed by atoms with van der Waals surface area (Å²) in [6, 6.07) is 4.60. The first-order valence-electron chi connectivity index (χ1n) is 7.25. The highest BCUT2D eigenvalue weighted by Crippen LogP contribution is 2.36. The van der Waals surface area contributed by atoms with Crippen LogP contribution in [0.15, 0.2) is 18.2 Å². The van der Waals surface area contributed by atoms with Crippen molar-refractivity contribution in [3.05, 3.63) is 39.4 Å². The first kappa shape index (κ1) is 14.0. The van der Waals surface area contributed by atoms with Crippen LogP contribution in [0.5, 0.6) is 0 Å². The second-order valence-electron chi connectivity index (χ2n) is 6.22. The van der Waals surface area contributed by atoms with Crippen molar-refractivity contribution in [3.8, 4) is 0 Å². The zero-order valence-corrected chi connectivity index (χ0v) is 12.1. The molecule has 1 aromatic rings. The van der Waals surface area contributed by atoms with Crippen molar-refractivity contribution >= 4 is 11.6 Å². The highest BCUT2D eigenvalue weighted by Gasteiger charge is 2.42. The van der Waals surface area contributed by atoms with E-state index in [-0.39, 0.29) is 17.0 Å². The fourth-order valence-corrected chi connectivity index (χ4v) is 3.43. The second-order valence-corrected chi connectivity index (χ2v) is 6.22. The molecule has 2 fully saturated rings. The summed E-state index contributed by atoms with van der Waals surface area (Å²) >= 11 is 0. The lowest BCUT2D eigenvalue weighted by Crippen LogP contribution is -2.33. The van der Waals surface area contributed by atoms with Gasteiger partial charge in [0.25, 0.3) is 11.6 Å². The van der Waals surface area contributed by atoms with Crippen molar-refractivity contribution < 1.29 is 9.72 Å². The molecule has 2 heterocycles. The topological polar surface area (TPSA) is 75.5 Å². The van der Waals surface area contributed by atoms with E-state index in [0.717, 1.165) is 44.6 Å². The number of carbonyl (C=O) groups is 1. The molecule has 0 aliphatic carbocycles. The van der Waals surface area contributed by atoms with Crippen LogP contribution in [0.1, 0.15) is 28.8 Å². The summed E-state index contributed by atoms with van der Waals surface area (Å²) in [5, 5.41) is 14.3. The lowest BCUT2D eigenvalue weighted by Gasteiger charge is -2.22. The molecule has 1 aromatic carbocycles. The number of nitro groups is 1. The number of rotatable bonds is 2. The van der Waals surface area contributed by atoms with E-state index in [2.05, 4.69) is 5.32 Å². The van der Waals surface area contributed by atoms with Crippen LogP contribution in [0.25, 0.3) is 0 Å². The van der Waals surface area contributed by atoms with Crippen molar-refractivity contribution in [2.45, 2.75) is 19.8 Å². The Labute approximate surface area is 123 Å². The van der Waals surface area contributed by atoms with E-state index >= 15 is 0 Å². The average molecular weight is 289 g/mol. The van der Waals surface area contributed by atoms with E-state index in [1.54, 1.807) is 13.0 Å². The Balaban J connectivity index is 1.81. The van der Waals surface area contributed by atoms with Gasteiger partial charge < -0.3 is 10.2 Å². The van der Waals surface area contributed by atoms with Crippen LogP contribution in [-0.2, 0) is 0 Å². The third-order valence-corrected chi connectivity index (χ3v) is 4.58. The summed E-state index contributed by atoms with van der Waals surface area (Å²) in [6.45, 7) is 5.24. The van der Waals surface area contributed by atoms with Crippen molar-refractivity contribution in [1.82, 2.24) is 10.2 Å². The largest absolute Gasteiger partial charge is 0.338 e. The van der Waals surface area contributed by atoms with Gasteiger partial charge in [0.2, 0.25) is 0 Å². The molecule has 3 rings (SSSR count). The minimum absolute atomic E-state index is 0.0187. The Hall–Kier alpha value is -1.95. The maximum absolute atomic E-state index is 12.6. The minimum Gasteiger partial charge on any atom is -0.338 e. The van der Waals surface area contributed by atoms with Gasteiger partial charge in [0.1, 0.15) is 0 Å². The Kier molecular flexibility index (Phi) is 3.41. The zero-order valence-electron chi connectivity index (χ0n) is 12.1. The zero-order chi connectivity index (χ0) is 15.0. The van der Waals surface area contributed by atoms with Crippen LogP contribution in [-0.4, -0.2) is 41.9 Å². The first-order valence-corrected chi connectivity index (χ1v) is 7.25. The van der Waals surface area contributed by atoms with Crippen LogP contribution in [0.2, 0.25) is 0 Å². The summed E-state index contributed by atoms with van der Waals surface area (Å²) in [7, 11) is 0. The number of amides is 1. The molecule has 112 valence electrons. The van der Waals surface area contributed by atoms with Gasteiger partial charge in [-0.05, 0) is 37.9 Å². The highest BCUT2D eigenvalue weighted by atomic mass is 16.6. The smallest absolute Gasteiger partial charge is 0.270 e. The Morgan fingerprint density at radius 3 is 2.86 bits per heavy atom. The molecule has 0 saturated carbocycles. The first-order chi connectivity index (χ1) is 9.99. The van der Waals surface area contributed by atoms with Crippen LogP contribution < -0.4 is 5.32 Å². The summed E-state index contributed by atoms with van der Waals surface area (Å²) in [4.78, 5) is 24.9. The van der Waals surface area contributed by atoms with E-state index in [1.165, 1.54) is 12.1 Å². The monoisotopic (exact) mass is 289 g/mol. The molecule has 0 aromatic heterocycles. The maximum atomic E-state index is 12.6. The summed E-state index contributed by atoms with van der Waals surface area (Å²) in [5.74, 6) is -0.0921. The molecule has 1 spiro atoms. The number of non-ortho nitro benzene ring substituents is 1. The molecule has 0 radical (unpaired) electrons. The van der Waals surface area contributed by atoms with Crippen molar-refractivity contribution in [2.24, 2.45) is 5.41 Å². The minimum atomic E-state index is -0.448. The molecule has 1 N–H and O–H groups in total. The van der Waals surface area contributed by atoms with Crippen molar-refractivity contribution in [3.63, 3.8) is 0 Å². The molecule has 1 unspecified atom stereocenters. The van der Waals surface area contributed by atoms with Gasteiger partial charge in [0, 0.05) is 42.7 Å². The Morgan fingerprint density at radius 2 is 2.19 bits per heavy atom. The molecule has 2 aliphatic heterocycles. The van der Waals surface area contributed by atoms with Crippen LogP contribution in [0.4, 0.5) is 5.69 Å². The van der Waals surface area contributed by atoms with E-state index in [0.29, 0.717) is 5.56 Å². The number of hydrogen-bond acceptors (Lipinski definition) is 4. The number of likely N-dealkylation sites (tertiary alicyclic amines) is 1. The highest BCUT2D eigenvalue weighted by molar-refractivity contribution is 5.95. The molecule has 2 aliphatic rings. The van der Waals surface area contributed by atoms with Crippen molar-refractivity contribution in [2.75, 3.05) is 26.2 Å². The predicted molar refractivity (Wildman–Crippen MR) is 78.3 cm³/mol. The third kappa shape index (κ3) is 2.63. The van der Waals surface area contributed by atoms with Crippen LogP contribution in [0, 0.1) is 22.5 Å². The predicted octanol–water partition coefficient (Wildman–Crippen LogP) is 1.73. The number of hydrogen-bond donors (Lipinski definition) is 1. The maximum Gasteiger partial charge on any atom is 0.270 e. The number of carbonyl (C=O) groups excluding carboxylic acids is 1. The van der Waals surface area contributed by atoms with Crippen LogP contribution in [0.3, 0.4) is 0 Å². The van der Waals surface area contributed by atoms with E-state index < -0.39 is 4.92 Å². The van der Waals surface area contributed by atoms with Gasteiger partial charge in [-0.1, -0.05) is 0 Å². The number of nitrogens with one attached hydrogen (secondary N) is 1. The molecular formula is C15H19N3O3. The normalized spacial score (nSPS) is 24.7. The van der Waals surface area contributed by atoms with Crippen LogP contribution >= 0.6 is 0 Å². The van der Waals surface area contributed by atoms with E-state index in [4.69, 9.17) is 0 Å². The number of benzene rings is 1. The average Bonchev–Trinajstić information content (AvgIpc) is 3.08. The second kappa shape index (κ2) is 5.11. The summed E-state index contributed by atoms with van der Waals surface area (Å²) in [5.41, 5.74) is 1.36. The van der Waals surface area contributed by atoms with E-state index in [9.17, 15) is 14.9 Å². The molecule has 21 heavy (non-hydrogen) atoms. The molecule has 1 amide bonds. The standard InChI is InChI=1S/C15H19N3O3/c1-11-6-12(8-13(7-11)18(20)21)14(19)17-5-3-15(10-17)2-4-16-9-15/h6-8,16H,2-5,9-10H2,1H3. The molecule has 2 saturated heterocycles. The number of nitro benzene ring substituents is 1. The van der Waals surface area contributed by atoms with Gasteiger partial charge in [-0.2, -0.15) is 0 Å². The molecule has 0 bridgehead atoms. The van der Waals surface area contributed by atoms with Gasteiger partial charge in [-0.25, -0.2) is 0 Å². The Morgan fingerprint density at radius 1 is 1.38 bits per heavy atom. The van der Waals surface area contributed by atoms with Gasteiger partial charge >= 0.3 is 0 Å². The lowest BCUT2D eigenvalue weighted by atomic mass is 9.86. The van der Waals surface area contributed by atoms with Gasteiger partial charge in [0.05, 0.1) is 4.92 Å². The lowest BCUT2D eigenvalue weighted by molar-refractivity contribution is -0.384. The molecule has 6 nitrogen and oxygen atoms in total. The molecule has 6 heteroatoms. The van der Waals surface area contributed by atoms with E-state index in [1.807, 2.05) is 4.90 Å².